The summed E-state index contributed by atoms with van der Waals surface area (Å²) >= 11 is 0. The van der Waals surface area contributed by atoms with Crippen LogP contribution >= 0.6 is 0 Å². The van der Waals surface area contributed by atoms with Gasteiger partial charge in [-0.25, -0.2) is 0 Å². The number of unbranched alkanes of at least 4 members (excludes halogenated alkanes) is 1. The van der Waals surface area contributed by atoms with E-state index in [2.05, 4.69) is 263 Å². The van der Waals surface area contributed by atoms with E-state index in [9.17, 15) is 0 Å². The molecule has 0 heterocycles. The maximum absolute atomic E-state index is 2.50. The van der Waals surface area contributed by atoms with Crippen LogP contribution in [-0.2, 0) is 0 Å². The standard InChI is InChI=1S/C14H26.C11H22.C10H20.C9H18.2C8H16.2C8H18.C7H14.C7H16/c1-9-11(13(2,3)4)7-10-8-12(9)14(10,5)6;1-11(2,3)9-10-7-5-4-6-8-10;1-10(2,3)9-7-5-4-6-8-9;1-9(2,3)8-6-4-5-7-8;1-8(2,3)6-7-4-5-7;1-8(2,3)7-5-4-6-7;1-6-7(2)8(3,4)5;1-5-6-7-8(2,3)4;1-7(2,3)6-4-5-6;1-6(2)7(3,4)5/h9-12H,7-8H2,1-6H3;10H,4-9H2,1-3H3;9H,4-8H2,1-3H3;8H,4-7H2,1-3H3;2*7H,4-6H2,1-3H3;7H,6H2,1-5H3;5-7H2,1-4H3;6H,4-5H2,1-3H3;6H,1-5H3. The summed E-state index contributed by atoms with van der Waals surface area (Å²) in [5.41, 5.74) is 6.23. The monoisotopic (exact) mass is 1270 g/mol. The van der Waals surface area contributed by atoms with Crippen LogP contribution in [-0.4, -0.2) is 0 Å². The van der Waals surface area contributed by atoms with Crippen LogP contribution in [0.25, 0.3) is 0 Å². The summed E-state index contributed by atoms with van der Waals surface area (Å²) in [6.45, 7) is 88.9. The molecule has 0 heteroatoms. The highest BCUT2D eigenvalue weighted by Crippen LogP contribution is 2.65. The van der Waals surface area contributed by atoms with Crippen LogP contribution in [0.15, 0.2) is 0 Å². The fraction of sp³-hybridized carbons (Fsp3) is 1.00. The van der Waals surface area contributed by atoms with Crippen molar-refractivity contribution in [3.05, 3.63) is 0 Å². The van der Waals surface area contributed by atoms with Gasteiger partial charge >= 0.3 is 0 Å². The fourth-order valence-electron chi connectivity index (χ4n) is 15.0. The Hall–Kier alpha value is 0. The van der Waals surface area contributed by atoms with Crippen molar-refractivity contribution in [2.45, 2.75) is 449 Å². The summed E-state index contributed by atoms with van der Waals surface area (Å²) in [7, 11) is 0. The van der Waals surface area contributed by atoms with Crippen LogP contribution in [0.1, 0.15) is 449 Å². The van der Waals surface area contributed by atoms with E-state index < -0.39 is 0 Å². The molecule has 0 saturated heterocycles. The number of rotatable bonds is 5. The first-order chi connectivity index (χ1) is 40.3. The fourth-order valence-corrected chi connectivity index (χ4v) is 15.0. The predicted octanol–water partition coefficient (Wildman–Crippen LogP) is 32.3. The van der Waals surface area contributed by atoms with Crippen LogP contribution in [0.2, 0.25) is 0 Å². The van der Waals surface area contributed by atoms with Crippen LogP contribution in [0.4, 0.5) is 0 Å². The highest BCUT2D eigenvalue weighted by molar-refractivity contribution is 5.06. The molecule has 9 fully saturated rings. The molecular formula is C90H184. The first-order valence-corrected chi connectivity index (χ1v) is 40.3. The second kappa shape index (κ2) is 40.2. The number of fused-ring (bicyclic) bond motifs is 2. The second-order valence-electron chi connectivity index (χ2n) is 44.4. The van der Waals surface area contributed by atoms with Gasteiger partial charge in [0.25, 0.3) is 0 Å². The Morgan fingerprint density at radius 1 is 0.356 bits per heavy atom. The van der Waals surface area contributed by atoms with Gasteiger partial charge in [0.1, 0.15) is 0 Å². The molecule has 0 aromatic heterocycles. The molecule has 90 heavy (non-hydrogen) atoms. The Labute approximate surface area is 576 Å². The Morgan fingerprint density at radius 3 is 0.822 bits per heavy atom. The number of hydrogen-bond donors (Lipinski definition) is 0. The molecule has 5 unspecified atom stereocenters. The summed E-state index contributed by atoms with van der Waals surface area (Å²) in [5, 5.41) is 0. The van der Waals surface area contributed by atoms with E-state index in [1.165, 1.54) is 186 Å². The molecule has 0 aliphatic heterocycles. The van der Waals surface area contributed by atoms with Crippen molar-refractivity contribution in [1.29, 1.82) is 0 Å². The molecule has 9 aliphatic carbocycles. The smallest absolute Gasteiger partial charge is 0.0295 e. The van der Waals surface area contributed by atoms with Gasteiger partial charge in [0.05, 0.1) is 0 Å². The molecule has 0 spiro atoms. The maximum Gasteiger partial charge on any atom is -0.0295 e. The first kappa shape index (κ1) is 92.1. The maximum atomic E-state index is 2.50. The molecule has 5 atom stereocenters. The zero-order chi connectivity index (χ0) is 70.9. The summed E-state index contributed by atoms with van der Waals surface area (Å²) in [6.07, 6.45) is 42.3. The normalized spacial score (nSPS) is 23.9. The zero-order valence-electron chi connectivity index (χ0n) is 70.9. The van der Waals surface area contributed by atoms with E-state index in [4.69, 9.17) is 0 Å². The Kier molecular flexibility index (Phi) is 41.1. The number of hydrogen-bond acceptors (Lipinski definition) is 0. The molecule has 0 N–H and O–H groups in total. The van der Waals surface area contributed by atoms with Crippen LogP contribution < -0.4 is 0 Å². The SMILES string of the molecule is CC(C)(C)C1CC1.CC(C)(C)C1CCC1.CC(C)(C)C1CCCC1.CC(C)(C)C1CCCCC1.CC(C)(C)CC1CC1.CC(C)(C)CC1CCCCC1.CC(C)C(C)(C)C.CC1C(C(C)(C)C)CC2CC1C2(C)C.CCC(C)C(C)(C)C.CCCCC(C)(C)C. The van der Waals surface area contributed by atoms with Gasteiger partial charge in [0, 0.05) is 0 Å². The van der Waals surface area contributed by atoms with Gasteiger partial charge in [-0.3, -0.25) is 0 Å². The lowest BCUT2D eigenvalue weighted by Gasteiger charge is -2.64. The van der Waals surface area contributed by atoms with Crippen molar-refractivity contribution in [3.8, 4) is 0 Å². The minimum absolute atomic E-state index is 0.500. The van der Waals surface area contributed by atoms with E-state index in [0.29, 0.717) is 59.6 Å². The molecule has 9 rings (SSSR count). The van der Waals surface area contributed by atoms with E-state index in [-0.39, 0.29) is 0 Å². The van der Waals surface area contributed by atoms with Gasteiger partial charge in [-0.2, -0.15) is 0 Å². The van der Waals surface area contributed by atoms with Gasteiger partial charge in [0.15, 0.2) is 0 Å². The minimum atomic E-state index is 0.500. The molecule has 0 radical (unpaired) electrons. The van der Waals surface area contributed by atoms with Crippen molar-refractivity contribution in [1.82, 2.24) is 0 Å². The van der Waals surface area contributed by atoms with Crippen LogP contribution in [0.5, 0.6) is 0 Å². The molecule has 9 aliphatic rings. The van der Waals surface area contributed by atoms with Gasteiger partial charge in [-0.15, -0.1) is 0 Å². The summed E-state index contributed by atoms with van der Waals surface area (Å²) < 4.78 is 0. The van der Waals surface area contributed by atoms with Crippen molar-refractivity contribution in [2.75, 3.05) is 0 Å². The summed E-state index contributed by atoms with van der Waals surface area (Å²) in [5.74, 6) is 11.8. The first-order valence-electron chi connectivity index (χ1n) is 40.3. The largest absolute Gasteiger partial charge is 0.0654 e. The molecule has 0 aromatic rings. The second-order valence-corrected chi connectivity index (χ2v) is 44.4. The molecule has 0 nitrogen and oxygen atoms in total. The lowest BCUT2D eigenvalue weighted by molar-refractivity contribution is -0.150. The predicted molar refractivity (Wildman–Crippen MR) is 418 cm³/mol. The Bertz CT molecular complexity index is 1680. The van der Waals surface area contributed by atoms with E-state index >= 15 is 0 Å². The lowest BCUT2D eigenvalue weighted by atomic mass is 9.41. The molecule has 0 aromatic carbocycles. The van der Waals surface area contributed by atoms with Crippen LogP contribution in [0.3, 0.4) is 0 Å². The van der Waals surface area contributed by atoms with Crippen molar-refractivity contribution in [3.63, 3.8) is 0 Å². The van der Waals surface area contributed by atoms with E-state index in [1.807, 2.05) is 0 Å². The molecule has 2 bridgehead atoms. The zero-order valence-corrected chi connectivity index (χ0v) is 70.9. The molecule has 9 saturated carbocycles. The third kappa shape index (κ3) is 44.8. The topological polar surface area (TPSA) is 0 Å². The Balaban J connectivity index is 0. The Morgan fingerprint density at radius 2 is 0.667 bits per heavy atom. The minimum Gasteiger partial charge on any atom is -0.0654 e. The summed E-state index contributed by atoms with van der Waals surface area (Å²) in [6, 6.07) is 0. The third-order valence-electron chi connectivity index (χ3n) is 24.3. The highest BCUT2D eigenvalue weighted by atomic mass is 14.6. The third-order valence-corrected chi connectivity index (χ3v) is 24.3. The highest BCUT2D eigenvalue weighted by Gasteiger charge is 2.57. The molecular weight excluding hydrogens is 1080 g/mol. The van der Waals surface area contributed by atoms with E-state index in [0.717, 1.165) is 71.0 Å². The molecule has 0 amide bonds. The average molecular weight is 1270 g/mol. The summed E-state index contributed by atoms with van der Waals surface area (Å²) in [4.78, 5) is 0. The average Bonchev–Trinajstić information content (AvgIpc) is 0.979. The van der Waals surface area contributed by atoms with Crippen LogP contribution in [0, 0.1) is 131 Å². The van der Waals surface area contributed by atoms with E-state index in [1.54, 1.807) is 0 Å². The van der Waals surface area contributed by atoms with Crippen molar-refractivity contribution in [2.24, 2.45) is 131 Å². The van der Waals surface area contributed by atoms with Gasteiger partial charge in [-0.1, -0.05) is 366 Å². The van der Waals surface area contributed by atoms with Gasteiger partial charge < -0.3 is 0 Å². The van der Waals surface area contributed by atoms with Gasteiger partial charge in [0.2, 0.25) is 0 Å². The van der Waals surface area contributed by atoms with Crippen molar-refractivity contribution < 1.29 is 0 Å². The lowest BCUT2D eigenvalue weighted by Crippen LogP contribution is -2.57. The quantitative estimate of drug-likeness (QED) is 0.257. The van der Waals surface area contributed by atoms with Crippen molar-refractivity contribution >= 4 is 0 Å². The van der Waals surface area contributed by atoms with Gasteiger partial charge in [-0.05, 0) is 214 Å². The molecule has 544 valence electrons.